The van der Waals surface area contributed by atoms with Crippen LogP contribution in [0.4, 0.5) is 4.39 Å². The van der Waals surface area contributed by atoms with Crippen LogP contribution >= 0.6 is 11.6 Å². The third-order valence-corrected chi connectivity index (χ3v) is 6.32. The molecule has 1 saturated carbocycles. The molecule has 6 heteroatoms. The lowest BCUT2D eigenvalue weighted by Gasteiger charge is -2.52. The van der Waals surface area contributed by atoms with Gasteiger partial charge < -0.3 is 14.8 Å². The number of carbonyl (C=O) groups is 1. The van der Waals surface area contributed by atoms with Crippen molar-refractivity contribution in [1.82, 2.24) is 5.32 Å². The lowest BCUT2D eigenvalue weighted by Crippen LogP contribution is -2.60. The smallest absolute Gasteiger partial charge is 0.222 e. The van der Waals surface area contributed by atoms with Gasteiger partial charge in [-0.15, -0.1) is 0 Å². The first-order valence-corrected chi connectivity index (χ1v) is 10.1. The summed E-state index contributed by atoms with van der Waals surface area (Å²) in [7, 11) is 1.58. The number of ether oxygens (including phenoxy) is 2. The Morgan fingerprint density at radius 2 is 2.22 bits per heavy atom. The van der Waals surface area contributed by atoms with Gasteiger partial charge in [0.05, 0.1) is 18.8 Å². The molecule has 2 aliphatic rings. The molecule has 1 heterocycles. The summed E-state index contributed by atoms with van der Waals surface area (Å²) >= 11 is 5.91. The Hall–Kier alpha value is -1.17. The van der Waals surface area contributed by atoms with Crippen LogP contribution in [0.25, 0.3) is 0 Å². The molecule has 1 aliphatic heterocycles. The minimum atomic E-state index is -0.440. The lowest BCUT2D eigenvalue weighted by atomic mass is 9.66. The van der Waals surface area contributed by atoms with Crippen molar-refractivity contribution in [2.75, 3.05) is 13.7 Å². The lowest BCUT2D eigenvalue weighted by molar-refractivity contribution is -0.154. The van der Waals surface area contributed by atoms with E-state index in [1.807, 2.05) is 0 Å². The molecule has 1 aromatic rings. The standard InChI is InChI=1S/C21H29ClFNO3/c1-13-4-7-16-18(10-13)27-19(15-6-5-14(22)11-17(15)23)12-21(16,2)24-20(25)8-9-26-3/h5-6,11,13,16,18-19H,4,7-10,12H2,1-3H3,(H,24,25)/t13-,16-,18-,19-,21-/m1/s1. The predicted molar refractivity (Wildman–Crippen MR) is 103 cm³/mol. The van der Waals surface area contributed by atoms with E-state index in [0.717, 1.165) is 19.3 Å². The molecular weight excluding hydrogens is 369 g/mol. The Labute approximate surface area is 165 Å². The molecule has 3 rings (SSSR count). The Bertz CT molecular complexity index is 685. The minimum absolute atomic E-state index is 0.00954. The molecule has 0 unspecified atom stereocenters. The highest BCUT2D eigenvalue weighted by Gasteiger charge is 2.49. The molecule has 27 heavy (non-hydrogen) atoms. The van der Waals surface area contributed by atoms with Crippen molar-refractivity contribution in [3.05, 3.63) is 34.6 Å². The van der Waals surface area contributed by atoms with Crippen molar-refractivity contribution in [3.63, 3.8) is 0 Å². The van der Waals surface area contributed by atoms with Crippen LogP contribution in [0.2, 0.25) is 5.02 Å². The van der Waals surface area contributed by atoms with Crippen molar-refractivity contribution in [1.29, 1.82) is 0 Å². The van der Waals surface area contributed by atoms with Gasteiger partial charge in [-0.3, -0.25) is 4.79 Å². The summed E-state index contributed by atoms with van der Waals surface area (Å²) in [4.78, 5) is 12.4. The summed E-state index contributed by atoms with van der Waals surface area (Å²) in [5.41, 5.74) is 0.0680. The third-order valence-electron chi connectivity index (χ3n) is 6.09. The Morgan fingerprint density at radius 1 is 1.44 bits per heavy atom. The zero-order chi connectivity index (χ0) is 19.6. The zero-order valence-corrected chi connectivity index (χ0v) is 17.0. The summed E-state index contributed by atoms with van der Waals surface area (Å²) in [5, 5.41) is 3.59. The third kappa shape index (κ3) is 4.64. The van der Waals surface area contributed by atoms with E-state index in [1.165, 1.54) is 6.07 Å². The molecule has 0 radical (unpaired) electrons. The number of methoxy groups -OCH3 is 1. The van der Waals surface area contributed by atoms with E-state index in [0.29, 0.717) is 36.0 Å². The van der Waals surface area contributed by atoms with Crippen molar-refractivity contribution in [2.24, 2.45) is 11.8 Å². The molecule has 2 fully saturated rings. The van der Waals surface area contributed by atoms with E-state index < -0.39 is 11.6 Å². The molecule has 0 spiro atoms. The first kappa shape index (κ1) is 20.6. The molecule has 1 aromatic carbocycles. The molecule has 0 bridgehead atoms. The maximum absolute atomic E-state index is 14.5. The van der Waals surface area contributed by atoms with Crippen LogP contribution in [0.3, 0.4) is 0 Å². The summed E-state index contributed by atoms with van der Waals surface area (Å²) < 4.78 is 25.9. The number of amides is 1. The van der Waals surface area contributed by atoms with E-state index in [4.69, 9.17) is 21.1 Å². The van der Waals surface area contributed by atoms with Crippen LogP contribution in [0, 0.1) is 17.7 Å². The highest BCUT2D eigenvalue weighted by molar-refractivity contribution is 6.30. The van der Waals surface area contributed by atoms with Gasteiger partial charge in [-0.2, -0.15) is 0 Å². The Morgan fingerprint density at radius 3 is 2.93 bits per heavy atom. The first-order valence-electron chi connectivity index (χ1n) is 9.72. The highest BCUT2D eigenvalue weighted by Crippen LogP contribution is 2.48. The average Bonchev–Trinajstić information content (AvgIpc) is 2.59. The fraction of sp³-hybridized carbons (Fsp3) is 0.667. The van der Waals surface area contributed by atoms with Gasteiger partial charge in [0, 0.05) is 42.0 Å². The normalized spacial score (nSPS) is 33.4. The number of hydrogen-bond acceptors (Lipinski definition) is 3. The first-order chi connectivity index (χ1) is 12.8. The van der Waals surface area contributed by atoms with Crippen LogP contribution in [-0.4, -0.2) is 31.3 Å². The van der Waals surface area contributed by atoms with E-state index in [9.17, 15) is 9.18 Å². The monoisotopic (exact) mass is 397 g/mol. The number of halogens is 2. The molecule has 0 aromatic heterocycles. The number of hydrogen-bond donors (Lipinski definition) is 1. The SMILES string of the molecule is COCCC(=O)N[C@]1(C)C[C@H](c2ccc(Cl)cc2F)O[C@@H]2C[C@H](C)CC[C@H]21. The number of fused-ring (bicyclic) bond motifs is 1. The van der Waals surface area contributed by atoms with Gasteiger partial charge in [0.1, 0.15) is 5.82 Å². The number of carbonyl (C=O) groups excluding carboxylic acids is 1. The van der Waals surface area contributed by atoms with Gasteiger partial charge in [0.15, 0.2) is 0 Å². The second kappa shape index (κ2) is 8.46. The molecule has 150 valence electrons. The van der Waals surface area contributed by atoms with Crippen LogP contribution in [0.1, 0.15) is 57.6 Å². The van der Waals surface area contributed by atoms with E-state index in [-0.39, 0.29) is 23.7 Å². The molecule has 4 nitrogen and oxygen atoms in total. The second-order valence-corrected chi connectivity index (χ2v) is 8.70. The maximum Gasteiger partial charge on any atom is 0.222 e. The second-order valence-electron chi connectivity index (χ2n) is 8.27. The van der Waals surface area contributed by atoms with Crippen LogP contribution in [0.5, 0.6) is 0 Å². The Kier molecular flexibility index (Phi) is 6.44. The largest absolute Gasteiger partial charge is 0.384 e. The number of benzene rings is 1. The van der Waals surface area contributed by atoms with Gasteiger partial charge >= 0.3 is 0 Å². The predicted octanol–water partition coefficient (Wildman–Crippen LogP) is 4.66. The van der Waals surface area contributed by atoms with Crippen molar-refractivity contribution >= 4 is 17.5 Å². The fourth-order valence-corrected chi connectivity index (χ4v) is 4.83. The highest BCUT2D eigenvalue weighted by atomic mass is 35.5. The minimum Gasteiger partial charge on any atom is -0.384 e. The van der Waals surface area contributed by atoms with Crippen molar-refractivity contribution in [2.45, 2.75) is 63.7 Å². The van der Waals surface area contributed by atoms with E-state index >= 15 is 0 Å². The van der Waals surface area contributed by atoms with E-state index in [2.05, 4.69) is 19.2 Å². The van der Waals surface area contributed by atoms with E-state index in [1.54, 1.807) is 19.2 Å². The van der Waals surface area contributed by atoms with Gasteiger partial charge in [0.25, 0.3) is 0 Å². The summed E-state index contributed by atoms with van der Waals surface area (Å²) in [5.74, 6) is 0.400. The molecule has 1 N–H and O–H groups in total. The van der Waals surface area contributed by atoms with Crippen LogP contribution < -0.4 is 5.32 Å². The number of nitrogens with one attached hydrogen (secondary N) is 1. The summed E-state index contributed by atoms with van der Waals surface area (Å²) in [6.07, 6.45) is 3.52. The molecule has 5 atom stereocenters. The van der Waals surface area contributed by atoms with Gasteiger partial charge in [-0.1, -0.05) is 31.0 Å². The van der Waals surface area contributed by atoms with Gasteiger partial charge in [-0.25, -0.2) is 4.39 Å². The number of rotatable bonds is 5. The van der Waals surface area contributed by atoms with Crippen molar-refractivity contribution < 1.29 is 18.7 Å². The quantitative estimate of drug-likeness (QED) is 0.786. The molecule has 1 aliphatic carbocycles. The molecular formula is C21H29ClFNO3. The molecule has 1 amide bonds. The van der Waals surface area contributed by atoms with Crippen molar-refractivity contribution in [3.8, 4) is 0 Å². The van der Waals surface area contributed by atoms with Gasteiger partial charge in [0.2, 0.25) is 5.91 Å². The van der Waals surface area contributed by atoms with Crippen LogP contribution in [-0.2, 0) is 14.3 Å². The Balaban J connectivity index is 1.86. The zero-order valence-electron chi connectivity index (χ0n) is 16.3. The molecule has 1 saturated heterocycles. The maximum atomic E-state index is 14.5. The topological polar surface area (TPSA) is 47.6 Å². The van der Waals surface area contributed by atoms with Crippen LogP contribution in [0.15, 0.2) is 18.2 Å². The average molecular weight is 398 g/mol. The summed E-state index contributed by atoms with van der Waals surface area (Å²) in [6.45, 7) is 4.69. The van der Waals surface area contributed by atoms with Gasteiger partial charge in [-0.05, 0) is 37.8 Å². The fourth-order valence-electron chi connectivity index (χ4n) is 4.67. The summed E-state index contributed by atoms with van der Waals surface area (Å²) in [6, 6.07) is 4.71.